The van der Waals surface area contributed by atoms with E-state index in [4.69, 9.17) is 4.74 Å². The fourth-order valence-corrected chi connectivity index (χ4v) is 6.72. The van der Waals surface area contributed by atoms with Crippen LogP contribution in [0, 0.1) is 0 Å². The quantitative estimate of drug-likeness (QED) is 0.449. The van der Waals surface area contributed by atoms with Crippen LogP contribution in [0.2, 0.25) is 0 Å². The van der Waals surface area contributed by atoms with E-state index in [1.54, 1.807) is 43.4 Å². The normalized spacial score (nSPS) is 21.6. The lowest BCUT2D eigenvalue weighted by Crippen LogP contribution is -2.35. The van der Waals surface area contributed by atoms with Gasteiger partial charge in [-0.15, -0.1) is 0 Å². The van der Waals surface area contributed by atoms with Crippen LogP contribution in [0.5, 0.6) is 0 Å². The molecule has 2 unspecified atom stereocenters. The molecule has 4 N–H and O–H groups in total. The van der Waals surface area contributed by atoms with Crippen LogP contribution in [-0.2, 0) is 23.5 Å². The van der Waals surface area contributed by atoms with E-state index < -0.39 is 0 Å². The third-order valence-corrected chi connectivity index (χ3v) is 8.70. The number of hydrogen-bond acceptors (Lipinski definition) is 7. The molecule has 1 fully saturated rings. The second-order valence-electron chi connectivity index (χ2n) is 9.89. The summed E-state index contributed by atoms with van der Waals surface area (Å²) in [7, 11) is 1.78. The van der Waals surface area contributed by atoms with Crippen LogP contribution in [0.4, 0.5) is 0 Å². The van der Waals surface area contributed by atoms with Gasteiger partial charge in [-0.05, 0) is 47.2 Å². The summed E-state index contributed by atoms with van der Waals surface area (Å²) in [5, 5.41) is 13.5. The van der Waals surface area contributed by atoms with E-state index >= 15 is 0 Å². The van der Waals surface area contributed by atoms with Gasteiger partial charge in [-0.25, -0.2) is 4.98 Å². The molecule has 1 saturated carbocycles. The molecular formula is C29H32N4O4S. The Morgan fingerprint density at radius 1 is 1.24 bits per heavy atom. The second kappa shape index (κ2) is 11.0. The van der Waals surface area contributed by atoms with Gasteiger partial charge in [0, 0.05) is 62.1 Å². The van der Waals surface area contributed by atoms with E-state index in [1.807, 2.05) is 12.1 Å². The average molecular weight is 533 g/mol. The summed E-state index contributed by atoms with van der Waals surface area (Å²) in [4.78, 5) is 25.6. The van der Waals surface area contributed by atoms with Gasteiger partial charge >= 0.3 is 0 Å². The Labute approximate surface area is 226 Å². The SMILES string of the molecule is COC12CC1c1cc(CN3CCC=C(CNC(=O)c4ccccc4CO)C3)ccc1Sc1nccnc12.O. The zero-order valence-electron chi connectivity index (χ0n) is 21.3. The number of carbonyl (C=O) groups is 1. The lowest BCUT2D eigenvalue weighted by atomic mass is 10.0. The monoisotopic (exact) mass is 532 g/mol. The number of fused-ring (bicyclic) bond motifs is 5. The fraction of sp³-hybridized carbons (Fsp3) is 0.345. The molecule has 1 aliphatic carbocycles. The van der Waals surface area contributed by atoms with E-state index in [-0.39, 0.29) is 23.6 Å². The highest BCUT2D eigenvalue weighted by molar-refractivity contribution is 7.99. The van der Waals surface area contributed by atoms with E-state index in [0.29, 0.717) is 23.6 Å². The maximum atomic E-state index is 12.7. The third-order valence-electron chi connectivity index (χ3n) is 7.62. The molecule has 2 aromatic carbocycles. The van der Waals surface area contributed by atoms with Crippen molar-refractivity contribution in [2.24, 2.45) is 0 Å². The van der Waals surface area contributed by atoms with E-state index in [1.165, 1.54) is 21.6 Å². The number of ether oxygens (including phenoxy) is 1. The van der Waals surface area contributed by atoms with E-state index in [9.17, 15) is 9.90 Å². The van der Waals surface area contributed by atoms with Crippen molar-refractivity contribution in [3.8, 4) is 0 Å². The molecule has 0 spiro atoms. The molecule has 38 heavy (non-hydrogen) atoms. The summed E-state index contributed by atoms with van der Waals surface area (Å²) in [6.45, 7) is 3.02. The number of aliphatic hydroxyl groups excluding tert-OH is 1. The number of methoxy groups -OCH3 is 1. The Morgan fingerprint density at radius 3 is 2.92 bits per heavy atom. The number of aliphatic hydroxyl groups is 1. The summed E-state index contributed by atoms with van der Waals surface area (Å²) >= 11 is 1.68. The number of nitrogens with one attached hydrogen (secondary N) is 1. The minimum atomic E-state index is -0.367. The Kier molecular flexibility index (Phi) is 7.65. The molecule has 0 bridgehead atoms. The van der Waals surface area contributed by atoms with Crippen LogP contribution >= 0.6 is 11.8 Å². The molecule has 0 radical (unpaired) electrons. The van der Waals surface area contributed by atoms with Crippen molar-refractivity contribution in [3.05, 3.63) is 94.5 Å². The van der Waals surface area contributed by atoms with Crippen LogP contribution in [0.1, 0.15) is 51.5 Å². The molecular weight excluding hydrogens is 500 g/mol. The lowest BCUT2D eigenvalue weighted by Gasteiger charge is -2.28. The molecule has 0 saturated heterocycles. The number of amides is 1. The van der Waals surface area contributed by atoms with Gasteiger partial charge in [0.25, 0.3) is 5.91 Å². The maximum Gasteiger partial charge on any atom is 0.251 e. The number of rotatable bonds is 7. The molecule has 2 atom stereocenters. The van der Waals surface area contributed by atoms with E-state index in [2.05, 4.69) is 44.5 Å². The zero-order chi connectivity index (χ0) is 25.4. The van der Waals surface area contributed by atoms with Gasteiger partial charge in [0.05, 0.1) is 6.61 Å². The summed E-state index contributed by atoms with van der Waals surface area (Å²) in [6, 6.07) is 14.0. The fourth-order valence-electron chi connectivity index (χ4n) is 5.62. The zero-order valence-corrected chi connectivity index (χ0v) is 22.1. The molecule has 198 valence electrons. The van der Waals surface area contributed by atoms with Gasteiger partial charge in [-0.2, -0.15) is 0 Å². The Hall–Kier alpha value is -3.08. The van der Waals surface area contributed by atoms with Crippen LogP contribution in [-0.4, -0.2) is 58.1 Å². The first kappa shape index (κ1) is 26.5. The average Bonchev–Trinajstić information content (AvgIpc) is 3.69. The summed E-state index contributed by atoms with van der Waals surface area (Å²) < 4.78 is 6.03. The summed E-state index contributed by atoms with van der Waals surface area (Å²) in [5.41, 5.74) is 5.58. The molecule has 6 rings (SSSR count). The highest BCUT2D eigenvalue weighted by atomic mass is 32.2. The molecule has 3 heterocycles. The van der Waals surface area contributed by atoms with E-state index in [0.717, 1.165) is 43.2 Å². The maximum absolute atomic E-state index is 12.7. The highest BCUT2D eigenvalue weighted by Crippen LogP contribution is 2.65. The van der Waals surface area contributed by atoms with Crippen molar-refractivity contribution in [2.75, 3.05) is 26.7 Å². The molecule has 2 aliphatic heterocycles. The molecule has 8 nitrogen and oxygen atoms in total. The molecule has 1 amide bonds. The Bertz CT molecular complexity index is 1380. The predicted octanol–water partition coefficient (Wildman–Crippen LogP) is 3.20. The van der Waals surface area contributed by atoms with Gasteiger partial charge < -0.3 is 20.6 Å². The topological polar surface area (TPSA) is 119 Å². The predicted molar refractivity (Wildman–Crippen MR) is 145 cm³/mol. The molecule has 9 heteroatoms. The van der Waals surface area contributed by atoms with Crippen molar-refractivity contribution in [3.63, 3.8) is 0 Å². The van der Waals surface area contributed by atoms with Gasteiger partial charge in [-0.3, -0.25) is 14.7 Å². The van der Waals surface area contributed by atoms with Gasteiger partial charge in [0.2, 0.25) is 0 Å². The number of carbonyl (C=O) groups excluding carboxylic acids is 1. The van der Waals surface area contributed by atoms with Crippen LogP contribution in [0.3, 0.4) is 0 Å². The largest absolute Gasteiger partial charge is 0.412 e. The Balaban J connectivity index is 0.00000294. The molecule has 1 aromatic heterocycles. The van der Waals surface area contributed by atoms with Crippen molar-refractivity contribution >= 4 is 17.7 Å². The molecule has 3 aliphatic rings. The first-order valence-corrected chi connectivity index (χ1v) is 13.5. The number of nitrogens with zero attached hydrogens (tertiary/aromatic N) is 3. The number of aromatic nitrogens is 2. The summed E-state index contributed by atoms with van der Waals surface area (Å²) in [6.07, 6.45) is 7.63. The van der Waals surface area contributed by atoms with Gasteiger partial charge in [0.1, 0.15) is 16.3 Å². The van der Waals surface area contributed by atoms with Gasteiger partial charge in [0.15, 0.2) is 0 Å². The number of hydrogen-bond donors (Lipinski definition) is 2. The van der Waals surface area contributed by atoms with Crippen molar-refractivity contribution in [2.45, 2.75) is 47.4 Å². The minimum Gasteiger partial charge on any atom is -0.412 e. The minimum absolute atomic E-state index is 0. The van der Waals surface area contributed by atoms with Gasteiger partial charge in [-0.1, -0.05) is 48.2 Å². The first-order chi connectivity index (χ1) is 18.1. The van der Waals surface area contributed by atoms with Crippen molar-refractivity contribution in [1.29, 1.82) is 0 Å². The first-order valence-electron chi connectivity index (χ1n) is 12.7. The second-order valence-corrected chi connectivity index (χ2v) is 10.9. The van der Waals surface area contributed by atoms with Crippen molar-refractivity contribution in [1.82, 2.24) is 20.2 Å². The number of benzene rings is 2. The lowest BCUT2D eigenvalue weighted by molar-refractivity contribution is 0.0662. The van der Waals surface area contributed by atoms with Crippen molar-refractivity contribution < 1.29 is 20.1 Å². The van der Waals surface area contributed by atoms with Crippen LogP contribution in [0.15, 0.2) is 76.4 Å². The standard InChI is InChI=1S/C29H30N4O3S.H2O/c1-36-29-14-24(29)23-13-19(8-9-25(23)37-28-26(29)30-10-11-31-28)16-33-12-4-5-20(17-33)15-32-27(35)22-7-3-2-6-21(22)18-34;/h2-3,5-11,13,24,34H,4,12,14-18H2,1H3,(H,32,35);1H2. The highest BCUT2D eigenvalue weighted by Gasteiger charge is 2.61. The smallest absolute Gasteiger partial charge is 0.251 e. The third kappa shape index (κ3) is 4.88. The molecule has 3 aromatic rings. The van der Waals surface area contributed by atoms with Crippen LogP contribution in [0.25, 0.3) is 0 Å². The Morgan fingerprint density at radius 2 is 2.08 bits per heavy atom. The van der Waals surface area contributed by atoms with Crippen LogP contribution < -0.4 is 5.32 Å². The summed E-state index contributed by atoms with van der Waals surface area (Å²) in [5.74, 6) is 0.147.